The van der Waals surface area contributed by atoms with Crippen LogP contribution < -0.4 is 5.32 Å². The largest absolute Gasteiger partial charge is 0.348 e. The van der Waals surface area contributed by atoms with E-state index in [2.05, 4.69) is 47.8 Å². The molecule has 3 aromatic carbocycles. The molecule has 0 aliphatic heterocycles. The van der Waals surface area contributed by atoms with Crippen LogP contribution in [0.3, 0.4) is 0 Å². The Kier molecular flexibility index (Phi) is 4.79. The quantitative estimate of drug-likeness (QED) is 0.649. The Balaban J connectivity index is 1.68. The van der Waals surface area contributed by atoms with Crippen LogP contribution in [0.5, 0.6) is 0 Å². The highest BCUT2D eigenvalue weighted by Crippen LogP contribution is 2.17. The second-order valence-corrected chi connectivity index (χ2v) is 6.30. The number of halogens is 1. The summed E-state index contributed by atoms with van der Waals surface area (Å²) in [4.78, 5) is 2.02. The topological polar surface area (TPSA) is 15.3 Å². The fraction of sp³-hybridized carbons (Fsp3) is 0.105. The van der Waals surface area contributed by atoms with Gasteiger partial charge in [0.25, 0.3) is 0 Å². The molecule has 4 heteroatoms. The summed E-state index contributed by atoms with van der Waals surface area (Å²) in [6.07, 6.45) is 0. The van der Waals surface area contributed by atoms with Crippen LogP contribution >= 0.6 is 23.8 Å². The van der Waals surface area contributed by atoms with Crippen LogP contribution in [-0.4, -0.2) is 17.1 Å². The van der Waals surface area contributed by atoms with Gasteiger partial charge in [0.15, 0.2) is 5.11 Å². The molecule has 0 unspecified atom stereocenters. The Bertz CT molecular complexity index is 830. The fourth-order valence-corrected chi connectivity index (χ4v) is 2.74. The van der Waals surface area contributed by atoms with Gasteiger partial charge in [0, 0.05) is 24.3 Å². The summed E-state index contributed by atoms with van der Waals surface area (Å²) in [5, 5.41) is 7.12. The Morgan fingerprint density at radius 3 is 2.43 bits per heavy atom. The molecular weight excluding hydrogens is 324 g/mol. The first kappa shape index (κ1) is 15.8. The second-order valence-electron chi connectivity index (χ2n) is 5.47. The number of fused-ring (bicyclic) bond motifs is 1. The van der Waals surface area contributed by atoms with Crippen LogP contribution in [0.1, 0.15) is 5.56 Å². The van der Waals surface area contributed by atoms with Crippen molar-refractivity contribution >= 4 is 45.4 Å². The molecule has 0 bridgehead atoms. The Labute approximate surface area is 146 Å². The van der Waals surface area contributed by atoms with Crippen LogP contribution in [0.2, 0.25) is 5.02 Å². The Morgan fingerprint density at radius 2 is 1.70 bits per heavy atom. The number of nitrogens with one attached hydrogen (secondary N) is 1. The summed E-state index contributed by atoms with van der Waals surface area (Å²) in [7, 11) is 1.99. The lowest BCUT2D eigenvalue weighted by Gasteiger charge is -2.21. The van der Waals surface area contributed by atoms with E-state index in [0.29, 0.717) is 10.1 Å². The van der Waals surface area contributed by atoms with E-state index in [1.54, 1.807) is 0 Å². The number of benzene rings is 3. The summed E-state index contributed by atoms with van der Waals surface area (Å²) >= 11 is 11.4. The SMILES string of the molecule is CN(Cc1ccc2ccccc2c1)C(=S)Nc1ccc(Cl)cc1. The van der Waals surface area contributed by atoms with E-state index >= 15 is 0 Å². The van der Waals surface area contributed by atoms with E-state index in [0.717, 1.165) is 12.2 Å². The number of thiocarbonyl (C=S) groups is 1. The zero-order chi connectivity index (χ0) is 16.2. The number of hydrogen-bond donors (Lipinski definition) is 1. The van der Waals surface area contributed by atoms with Gasteiger partial charge in [-0.05, 0) is 58.9 Å². The summed E-state index contributed by atoms with van der Waals surface area (Å²) in [6, 6.07) is 22.4. The molecule has 0 radical (unpaired) electrons. The van der Waals surface area contributed by atoms with Crippen molar-refractivity contribution in [1.29, 1.82) is 0 Å². The van der Waals surface area contributed by atoms with Crippen molar-refractivity contribution in [2.45, 2.75) is 6.54 Å². The molecule has 2 nitrogen and oxygen atoms in total. The monoisotopic (exact) mass is 340 g/mol. The van der Waals surface area contributed by atoms with Crippen molar-refractivity contribution in [1.82, 2.24) is 4.90 Å². The lowest BCUT2D eigenvalue weighted by molar-refractivity contribution is 0.509. The van der Waals surface area contributed by atoms with E-state index in [1.165, 1.54) is 16.3 Å². The van der Waals surface area contributed by atoms with Crippen molar-refractivity contribution in [2.24, 2.45) is 0 Å². The van der Waals surface area contributed by atoms with E-state index in [-0.39, 0.29) is 0 Å². The van der Waals surface area contributed by atoms with Crippen LogP contribution in [0.25, 0.3) is 10.8 Å². The lowest BCUT2D eigenvalue weighted by atomic mass is 10.1. The first-order chi connectivity index (χ1) is 11.1. The summed E-state index contributed by atoms with van der Waals surface area (Å²) in [5.74, 6) is 0. The third-order valence-electron chi connectivity index (χ3n) is 3.68. The fourth-order valence-electron chi connectivity index (χ4n) is 2.43. The predicted octanol–water partition coefficient (Wildman–Crippen LogP) is 5.32. The molecular formula is C19H17ClN2S. The standard InChI is InChI=1S/C19H17ClN2S/c1-22(19(23)21-18-10-8-17(20)9-11-18)13-14-6-7-15-4-2-3-5-16(15)12-14/h2-12H,13H2,1H3,(H,21,23). The van der Waals surface area contributed by atoms with E-state index in [9.17, 15) is 0 Å². The molecule has 0 atom stereocenters. The zero-order valence-electron chi connectivity index (χ0n) is 12.8. The van der Waals surface area contributed by atoms with Gasteiger partial charge in [-0.2, -0.15) is 0 Å². The van der Waals surface area contributed by atoms with Crippen LogP contribution in [-0.2, 0) is 6.54 Å². The minimum absolute atomic E-state index is 0.681. The highest BCUT2D eigenvalue weighted by molar-refractivity contribution is 7.80. The molecule has 3 aromatic rings. The first-order valence-corrected chi connectivity index (χ1v) is 8.16. The molecule has 1 N–H and O–H groups in total. The van der Waals surface area contributed by atoms with Crippen molar-refractivity contribution in [3.05, 3.63) is 77.3 Å². The zero-order valence-corrected chi connectivity index (χ0v) is 14.4. The maximum Gasteiger partial charge on any atom is 0.173 e. The van der Waals surface area contributed by atoms with Gasteiger partial charge in [-0.25, -0.2) is 0 Å². The summed E-state index contributed by atoms with van der Waals surface area (Å²) < 4.78 is 0. The number of rotatable bonds is 3. The number of nitrogens with zero attached hydrogens (tertiary/aromatic N) is 1. The Hall–Kier alpha value is -2.10. The molecule has 0 aliphatic carbocycles. The molecule has 0 saturated heterocycles. The van der Waals surface area contributed by atoms with Crippen molar-refractivity contribution in [3.8, 4) is 0 Å². The smallest absolute Gasteiger partial charge is 0.173 e. The molecule has 0 fully saturated rings. The minimum Gasteiger partial charge on any atom is -0.348 e. The molecule has 23 heavy (non-hydrogen) atoms. The Morgan fingerprint density at radius 1 is 1.00 bits per heavy atom. The maximum absolute atomic E-state index is 5.89. The van der Waals surface area contributed by atoms with Crippen molar-refractivity contribution in [2.75, 3.05) is 12.4 Å². The average molecular weight is 341 g/mol. The first-order valence-electron chi connectivity index (χ1n) is 7.37. The molecule has 3 rings (SSSR count). The molecule has 0 aliphatic rings. The van der Waals surface area contributed by atoms with Crippen LogP contribution in [0.15, 0.2) is 66.7 Å². The van der Waals surface area contributed by atoms with E-state index in [1.807, 2.05) is 36.2 Å². The highest BCUT2D eigenvalue weighted by Gasteiger charge is 2.06. The van der Waals surface area contributed by atoms with E-state index in [4.69, 9.17) is 23.8 Å². The second kappa shape index (κ2) is 6.99. The van der Waals surface area contributed by atoms with Gasteiger partial charge >= 0.3 is 0 Å². The van der Waals surface area contributed by atoms with Gasteiger partial charge in [0.1, 0.15) is 0 Å². The predicted molar refractivity (Wildman–Crippen MR) is 103 cm³/mol. The maximum atomic E-state index is 5.89. The number of hydrogen-bond acceptors (Lipinski definition) is 1. The lowest BCUT2D eigenvalue weighted by Crippen LogP contribution is -2.30. The third kappa shape index (κ3) is 4.01. The minimum atomic E-state index is 0.681. The van der Waals surface area contributed by atoms with Gasteiger partial charge in [-0.15, -0.1) is 0 Å². The average Bonchev–Trinajstić information content (AvgIpc) is 2.56. The van der Waals surface area contributed by atoms with Gasteiger partial charge in [0.05, 0.1) is 0 Å². The molecule has 0 saturated carbocycles. The van der Waals surface area contributed by atoms with Crippen molar-refractivity contribution in [3.63, 3.8) is 0 Å². The van der Waals surface area contributed by atoms with Crippen molar-refractivity contribution < 1.29 is 0 Å². The van der Waals surface area contributed by atoms with Gasteiger partial charge in [0.2, 0.25) is 0 Å². The summed E-state index contributed by atoms with van der Waals surface area (Å²) in [6.45, 7) is 0.754. The molecule has 116 valence electrons. The van der Waals surface area contributed by atoms with Crippen LogP contribution in [0.4, 0.5) is 5.69 Å². The van der Waals surface area contributed by atoms with E-state index < -0.39 is 0 Å². The van der Waals surface area contributed by atoms with Crippen LogP contribution in [0, 0.1) is 0 Å². The van der Waals surface area contributed by atoms with Gasteiger partial charge in [-0.1, -0.05) is 48.0 Å². The molecule has 0 aromatic heterocycles. The molecule has 0 spiro atoms. The van der Waals surface area contributed by atoms with Gasteiger partial charge in [-0.3, -0.25) is 0 Å². The molecule has 0 amide bonds. The number of anilines is 1. The molecule has 0 heterocycles. The summed E-state index contributed by atoms with van der Waals surface area (Å²) in [5.41, 5.74) is 2.16. The third-order valence-corrected chi connectivity index (χ3v) is 4.34. The normalized spacial score (nSPS) is 10.5. The van der Waals surface area contributed by atoms with Gasteiger partial charge < -0.3 is 10.2 Å². The highest BCUT2D eigenvalue weighted by atomic mass is 35.5.